The SMILES string of the molecule is Nc1ccc(NCCSCCCO)c2nonc12. The first-order valence-electron chi connectivity index (χ1n) is 5.76. The first-order valence-corrected chi connectivity index (χ1v) is 6.91. The Balaban J connectivity index is 1.88. The quantitative estimate of drug-likeness (QED) is 0.515. The van der Waals surface area contributed by atoms with Gasteiger partial charge in [-0.25, -0.2) is 4.63 Å². The van der Waals surface area contributed by atoms with E-state index in [1.165, 1.54) is 0 Å². The van der Waals surface area contributed by atoms with Crippen LogP contribution in [0.5, 0.6) is 0 Å². The maximum absolute atomic E-state index is 8.66. The summed E-state index contributed by atoms with van der Waals surface area (Å²) in [5, 5.41) is 19.5. The van der Waals surface area contributed by atoms with Crippen molar-refractivity contribution in [3.8, 4) is 0 Å². The van der Waals surface area contributed by atoms with Crippen LogP contribution in [0.15, 0.2) is 16.8 Å². The Hall–Kier alpha value is -1.47. The summed E-state index contributed by atoms with van der Waals surface area (Å²) in [6.07, 6.45) is 0.837. The van der Waals surface area contributed by atoms with Crippen molar-refractivity contribution in [3.63, 3.8) is 0 Å². The van der Waals surface area contributed by atoms with E-state index in [2.05, 4.69) is 15.6 Å². The van der Waals surface area contributed by atoms with Crippen LogP contribution in [0, 0.1) is 0 Å². The number of hydrogen-bond acceptors (Lipinski definition) is 7. The number of rotatable bonds is 7. The molecule has 2 rings (SSSR count). The zero-order chi connectivity index (χ0) is 12.8. The minimum Gasteiger partial charge on any atom is -0.397 e. The van der Waals surface area contributed by atoms with Gasteiger partial charge in [0.25, 0.3) is 0 Å². The van der Waals surface area contributed by atoms with E-state index < -0.39 is 0 Å². The zero-order valence-corrected chi connectivity index (χ0v) is 10.7. The number of hydrogen-bond donors (Lipinski definition) is 3. The van der Waals surface area contributed by atoms with E-state index in [9.17, 15) is 0 Å². The van der Waals surface area contributed by atoms with Gasteiger partial charge in [-0.2, -0.15) is 11.8 Å². The number of benzene rings is 1. The van der Waals surface area contributed by atoms with Crippen molar-refractivity contribution in [1.82, 2.24) is 10.3 Å². The topological polar surface area (TPSA) is 97.2 Å². The van der Waals surface area contributed by atoms with E-state index >= 15 is 0 Å². The van der Waals surface area contributed by atoms with Crippen LogP contribution in [0.3, 0.4) is 0 Å². The number of thioether (sulfide) groups is 1. The van der Waals surface area contributed by atoms with Crippen LogP contribution in [-0.2, 0) is 0 Å². The van der Waals surface area contributed by atoms with Crippen LogP contribution < -0.4 is 11.1 Å². The summed E-state index contributed by atoms with van der Waals surface area (Å²) >= 11 is 1.80. The molecule has 6 nitrogen and oxygen atoms in total. The zero-order valence-electron chi connectivity index (χ0n) is 9.93. The molecule has 1 aromatic heterocycles. The van der Waals surface area contributed by atoms with Gasteiger partial charge in [0, 0.05) is 18.9 Å². The Morgan fingerprint density at radius 3 is 2.94 bits per heavy atom. The molecule has 98 valence electrons. The highest BCUT2D eigenvalue weighted by Gasteiger charge is 2.09. The maximum atomic E-state index is 8.66. The fourth-order valence-corrected chi connectivity index (χ4v) is 2.34. The largest absolute Gasteiger partial charge is 0.397 e. The molecule has 0 spiro atoms. The van der Waals surface area contributed by atoms with Gasteiger partial charge < -0.3 is 16.2 Å². The van der Waals surface area contributed by atoms with Gasteiger partial charge in [0.15, 0.2) is 11.0 Å². The molecule has 0 bridgehead atoms. The van der Waals surface area contributed by atoms with Crippen molar-refractivity contribution in [2.75, 3.05) is 35.7 Å². The van der Waals surface area contributed by atoms with Crippen molar-refractivity contribution in [1.29, 1.82) is 0 Å². The molecule has 0 saturated carbocycles. The number of aliphatic hydroxyl groups excluding tert-OH is 1. The van der Waals surface area contributed by atoms with Crippen LogP contribution in [0.2, 0.25) is 0 Å². The van der Waals surface area contributed by atoms with Crippen molar-refractivity contribution in [3.05, 3.63) is 12.1 Å². The predicted molar refractivity (Wildman–Crippen MR) is 73.7 cm³/mol. The number of aliphatic hydroxyl groups is 1. The highest BCUT2D eigenvalue weighted by molar-refractivity contribution is 7.99. The lowest BCUT2D eigenvalue weighted by Crippen LogP contribution is -2.05. The summed E-state index contributed by atoms with van der Waals surface area (Å²) in [6, 6.07) is 3.66. The van der Waals surface area contributed by atoms with Gasteiger partial charge in [0.05, 0.1) is 11.4 Å². The molecular weight excluding hydrogens is 252 g/mol. The molecule has 0 saturated heterocycles. The van der Waals surface area contributed by atoms with E-state index in [4.69, 9.17) is 15.5 Å². The van der Waals surface area contributed by atoms with Crippen molar-refractivity contribution in [2.24, 2.45) is 0 Å². The first kappa shape index (κ1) is 13.0. The average molecular weight is 268 g/mol. The van der Waals surface area contributed by atoms with Gasteiger partial charge in [-0.3, -0.25) is 0 Å². The highest BCUT2D eigenvalue weighted by Crippen LogP contribution is 2.24. The summed E-state index contributed by atoms with van der Waals surface area (Å²) in [6.45, 7) is 1.07. The molecule has 0 amide bonds. The Morgan fingerprint density at radius 2 is 2.11 bits per heavy atom. The van der Waals surface area contributed by atoms with Crippen molar-refractivity contribution in [2.45, 2.75) is 6.42 Å². The Labute approximate surface area is 109 Å². The maximum Gasteiger partial charge on any atom is 0.160 e. The second-order valence-electron chi connectivity index (χ2n) is 3.78. The molecule has 1 aromatic carbocycles. The molecule has 0 aliphatic heterocycles. The molecule has 18 heavy (non-hydrogen) atoms. The Morgan fingerprint density at radius 1 is 1.28 bits per heavy atom. The van der Waals surface area contributed by atoms with E-state index in [0.717, 1.165) is 30.2 Å². The number of fused-ring (bicyclic) bond motifs is 1. The monoisotopic (exact) mass is 268 g/mol. The number of nitrogen functional groups attached to an aromatic ring is 1. The number of nitrogens with two attached hydrogens (primary N) is 1. The molecule has 0 fully saturated rings. The van der Waals surface area contributed by atoms with Crippen molar-refractivity contribution >= 4 is 34.2 Å². The summed E-state index contributed by atoms with van der Waals surface area (Å²) in [5.41, 5.74) is 8.46. The van der Waals surface area contributed by atoms with Crippen LogP contribution in [0.4, 0.5) is 11.4 Å². The minimum atomic E-state index is 0.254. The lowest BCUT2D eigenvalue weighted by Gasteiger charge is -2.06. The van der Waals surface area contributed by atoms with Crippen molar-refractivity contribution < 1.29 is 9.74 Å². The molecule has 0 radical (unpaired) electrons. The molecule has 1 heterocycles. The second kappa shape index (κ2) is 6.46. The van der Waals surface area contributed by atoms with Gasteiger partial charge in [0.1, 0.15) is 0 Å². The molecule has 2 aromatic rings. The Kier molecular flexibility index (Phi) is 4.66. The number of aromatic nitrogens is 2. The van der Waals surface area contributed by atoms with E-state index in [0.29, 0.717) is 16.7 Å². The van der Waals surface area contributed by atoms with Crippen LogP contribution >= 0.6 is 11.8 Å². The molecule has 0 atom stereocenters. The smallest absolute Gasteiger partial charge is 0.160 e. The fourth-order valence-electron chi connectivity index (χ4n) is 1.55. The van der Waals surface area contributed by atoms with Crippen LogP contribution in [-0.4, -0.2) is 40.1 Å². The lowest BCUT2D eigenvalue weighted by atomic mass is 10.2. The van der Waals surface area contributed by atoms with Crippen LogP contribution in [0.25, 0.3) is 11.0 Å². The standard InChI is InChI=1S/C11H16N4O2S/c12-8-2-3-9(11-10(8)14-17-15-11)13-4-7-18-6-1-5-16/h2-3,13,16H,1,4-7,12H2. The first-order chi connectivity index (χ1) is 8.83. The number of anilines is 2. The molecule has 0 aliphatic carbocycles. The number of nitrogens with zero attached hydrogens (tertiary/aromatic N) is 2. The molecule has 0 unspecified atom stereocenters. The van der Waals surface area contributed by atoms with E-state index in [1.54, 1.807) is 17.8 Å². The Bertz CT molecular complexity index is 503. The minimum absolute atomic E-state index is 0.254. The average Bonchev–Trinajstić information content (AvgIpc) is 2.86. The van der Waals surface area contributed by atoms with Gasteiger partial charge in [-0.05, 0) is 34.6 Å². The highest BCUT2D eigenvalue weighted by atomic mass is 32.2. The fraction of sp³-hybridized carbons (Fsp3) is 0.455. The molecular formula is C11H16N4O2S. The molecule has 7 heteroatoms. The lowest BCUT2D eigenvalue weighted by molar-refractivity contribution is 0.296. The summed E-state index contributed by atoms with van der Waals surface area (Å²) in [7, 11) is 0. The molecule has 0 aliphatic rings. The van der Waals surface area contributed by atoms with Gasteiger partial charge >= 0.3 is 0 Å². The third-order valence-electron chi connectivity index (χ3n) is 2.46. The predicted octanol–water partition coefficient (Wildman–Crippen LogP) is 1.33. The van der Waals surface area contributed by atoms with E-state index in [1.807, 2.05) is 6.07 Å². The van der Waals surface area contributed by atoms with Gasteiger partial charge in [-0.1, -0.05) is 0 Å². The summed E-state index contributed by atoms with van der Waals surface area (Å²) in [4.78, 5) is 0. The summed E-state index contributed by atoms with van der Waals surface area (Å²) < 4.78 is 4.69. The summed E-state index contributed by atoms with van der Waals surface area (Å²) in [5.74, 6) is 1.94. The third kappa shape index (κ3) is 3.05. The third-order valence-corrected chi connectivity index (χ3v) is 3.53. The van der Waals surface area contributed by atoms with E-state index in [-0.39, 0.29) is 6.61 Å². The normalized spacial score (nSPS) is 10.9. The van der Waals surface area contributed by atoms with Crippen LogP contribution in [0.1, 0.15) is 6.42 Å². The molecule has 4 N–H and O–H groups in total. The van der Waals surface area contributed by atoms with Gasteiger partial charge in [0.2, 0.25) is 0 Å². The van der Waals surface area contributed by atoms with Gasteiger partial charge in [-0.15, -0.1) is 0 Å². The number of nitrogens with one attached hydrogen (secondary N) is 1. The second-order valence-corrected chi connectivity index (χ2v) is 5.00.